The van der Waals surface area contributed by atoms with Gasteiger partial charge in [-0.05, 0) is 36.8 Å². The minimum atomic E-state index is -4.43. The molecule has 0 spiro atoms. The number of hydrogen-bond donors (Lipinski definition) is 3. The van der Waals surface area contributed by atoms with Crippen molar-refractivity contribution in [3.05, 3.63) is 30.3 Å². The highest BCUT2D eigenvalue weighted by atomic mass is 32.2. The van der Waals surface area contributed by atoms with Gasteiger partial charge < -0.3 is 10.5 Å². The van der Waals surface area contributed by atoms with Crippen LogP contribution in [0.4, 0.5) is 5.69 Å². The Labute approximate surface area is 133 Å². The number of benzene rings is 2. The van der Waals surface area contributed by atoms with E-state index in [0.717, 1.165) is 0 Å². The topological polar surface area (TPSA) is 144 Å². The van der Waals surface area contributed by atoms with Crippen molar-refractivity contribution in [2.24, 2.45) is 0 Å². The minimum Gasteiger partial charge on any atom is -0.493 e. The second kappa shape index (κ2) is 6.32. The molecule has 0 aliphatic rings. The Morgan fingerprint density at radius 3 is 2.30 bits per heavy atom. The van der Waals surface area contributed by atoms with Crippen molar-refractivity contribution in [2.75, 3.05) is 18.1 Å². The predicted octanol–water partition coefficient (Wildman–Crippen LogP) is 1.33. The van der Waals surface area contributed by atoms with Gasteiger partial charge in [0.2, 0.25) is 0 Å². The van der Waals surface area contributed by atoms with Gasteiger partial charge in [0, 0.05) is 16.5 Å². The van der Waals surface area contributed by atoms with E-state index in [-0.39, 0.29) is 23.3 Å². The third kappa shape index (κ3) is 4.55. The van der Waals surface area contributed by atoms with Gasteiger partial charge in [-0.25, -0.2) is 0 Å². The van der Waals surface area contributed by atoms with Crippen LogP contribution < -0.4 is 10.5 Å². The van der Waals surface area contributed by atoms with E-state index in [4.69, 9.17) is 15.0 Å². The molecule has 0 fully saturated rings. The van der Waals surface area contributed by atoms with Gasteiger partial charge in [0.1, 0.15) is 10.6 Å². The van der Waals surface area contributed by atoms with Crippen LogP contribution in [0.3, 0.4) is 0 Å². The monoisotopic (exact) mass is 361 g/mol. The molecule has 0 aliphatic carbocycles. The van der Waals surface area contributed by atoms with Gasteiger partial charge in [0.25, 0.3) is 20.2 Å². The maximum Gasteiger partial charge on any atom is 0.295 e. The van der Waals surface area contributed by atoms with E-state index in [1.54, 1.807) is 6.07 Å². The molecule has 0 saturated heterocycles. The highest BCUT2D eigenvalue weighted by Gasteiger charge is 2.17. The lowest BCUT2D eigenvalue weighted by Crippen LogP contribution is -2.09. The van der Waals surface area contributed by atoms with Crippen molar-refractivity contribution in [1.82, 2.24) is 0 Å². The Hall–Kier alpha value is -1.88. The van der Waals surface area contributed by atoms with E-state index in [9.17, 15) is 21.4 Å². The minimum absolute atomic E-state index is 0.00445. The highest BCUT2D eigenvalue weighted by Crippen LogP contribution is 2.32. The molecule has 0 unspecified atom stereocenters. The lowest BCUT2D eigenvalue weighted by molar-refractivity contribution is 0.319. The molecule has 23 heavy (non-hydrogen) atoms. The first-order valence-electron chi connectivity index (χ1n) is 6.45. The lowest BCUT2D eigenvalue weighted by Gasteiger charge is -2.12. The quantitative estimate of drug-likeness (QED) is 0.397. The number of nitrogens with two attached hydrogens (primary N) is 1. The fourth-order valence-corrected chi connectivity index (χ4v) is 3.26. The van der Waals surface area contributed by atoms with Gasteiger partial charge in [-0.15, -0.1) is 0 Å². The Morgan fingerprint density at radius 1 is 1.00 bits per heavy atom. The Morgan fingerprint density at radius 2 is 1.70 bits per heavy atom. The van der Waals surface area contributed by atoms with Crippen LogP contribution in [0.25, 0.3) is 10.8 Å². The van der Waals surface area contributed by atoms with E-state index in [1.165, 1.54) is 24.3 Å². The first-order chi connectivity index (χ1) is 10.6. The molecule has 8 nitrogen and oxygen atoms in total. The molecular formula is C13H15NO7S2. The number of rotatable bonds is 6. The van der Waals surface area contributed by atoms with E-state index < -0.39 is 26.0 Å². The zero-order valence-electron chi connectivity index (χ0n) is 11.8. The molecule has 0 radical (unpaired) electrons. The number of hydrogen-bond acceptors (Lipinski definition) is 6. The van der Waals surface area contributed by atoms with Crippen molar-refractivity contribution in [2.45, 2.75) is 11.3 Å². The molecule has 10 heteroatoms. The molecule has 126 valence electrons. The van der Waals surface area contributed by atoms with Gasteiger partial charge in [-0.1, -0.05) is 0 Å². The molecular weight excluding hydrogens is 346 g/mol. The van der Waals surface area contributed by atoms with E-state index in [0.29, 0.717) is 16.8 Å². The third-order valence-corrected chi connectivity index (χ3v) is 4.76. The van der Waals surface area contributed by atoms with Crippen LogP contribution >= 0.6 is 0 Å². The number of anilines is 1. The Balaban J connectivity index is 2.36. The number of ether oxygens (including phenoxy) is 1. The summed E-state index contributed by atoms with van der Waals surface area (Å²) in [6.45, 7) is 0.00445. The van der Waals surface area contributed by atoms with Crippen LogP contribution in [-0.2, 0) is 20.2 Å². The second-order valence-corrected chi connectivity index (χ2v) is 7.79. The molecule has 4 N–H and O–H groups in total. The van der Waals surface area contributed by atoms with Crippen LogP contribution in [0.5, 0.6) is 5.75 Å². The normalized spacial score (nSPS) is 12.4. The molecule has 0 atom stereocenters. The first kappa shape index (κ1) is 17.5. The zero-order chi connectivity index (χ0) is 17.3. The number of nitrogen functional groups attached to an aromatic ring is 1. The molecule has 2 aromatic carbocycles. The Bertz CT molecular complexity index is 936. The van der Waals surface area contributed by atoms with Crippen molar-refractivity contribution < 1.29 is 30.7 Å². The molecule has 0 heterocycles. The molecule has 0 aliphatic heterocycles. The summed E-state index contributed by atoms with van der Waals surface area (Å²) in [4.78, 5) is -0.301. The van der Waals surface area contributed by atoms with Crippen molar-refractivity contribution in [1.29, 1.82) is 0 Å². The van der Waals surface area contributed by atoms with E-state index in [2.05, 4.69) is 0 Å². The molecule has 0 bridgehead atoms. The molecule has 2 rings (SSSR count). The van der Waals surface area contributed by atoms with Crippen LogP contribution in [-0.4, -0.2) is 38.3 Å². The maximum atomic E-state index is 11.4. The third-order valence-electron chi connectivity index (χ3n) is 3.04. The van der Waals surface area contributed by atoms with E-state index >= 15 is 0 Å². The van der Waals surface area contributed by atoms with Crippen molar-refractivity contribution in [3.8, 4) is 5.75 Å². The van der Waals surface area contributed by atoms with Gasteiger partial charge in [0.05, 0.1) is 12.4 Å². The summed E-state index contributed by atoms with van der Waals surface area (Å²) in [7, 11) is -8.49. The molecule has 2 aromatic rings. The van der Waals surface area contributed by atoms with Crippen LogP contribution in [0.2, 0.25) is 0 Å². The molecule has 0 aromatic heterocycles. The summed E-state index contributed by atoms with van der Waals surface area (Å²) < 4.78 is 67.5. The van der Waals surface area contributed by atoms with Crippen LogP contribution in [0, 0.1) is 0 Å². The molecule has 0 saturated carbocycles. The average Bonchev–Trinajstić information content (AvgIpc) is 2.40. The smallest absolute Gasteiger partial charge is 0.295 e. The summed E-state index contributed by atoms with van der Waals surface area (Å²) in [5.74, 6) is -0.135. The van der Waals surface area contributed by atoms with Crippen molar-refractivity contribution in [3.63, 3.8) is 0 Å². The lowest BCUT2D eigenvalue weighted by atomic mass is 10.1. The highest BCUT2D eigenvalue weighted by molar-refractivity contribution is 7.86. The standard InChI is InChI=1S/C13H15NO7S2/c14-9-2-3-10-11(8-9)13(23(18,19)20)5-4-12(10)21-6-1-7-22(15,16)17/h2-5,8H,1,6-7,14H2,(H,15,16,17)(H,18,19,20). The summed E-state index contributed by atoms with van der Waals surface area (Å²) in [5, 5.41) is 0.598. The van der Waals surface area contributed by atoms with Crippen LogP contribution in [0.1, 0.15) is 6.42 Å². The number of fused-ring (bicyclic) bond motifs is 1. The van der Waals surface area contributed by atoms with Gasteiger partial charge >= 0.3 is 0 Å². The predicted molar refractivity (Wildman–Crippen MR) is 84.7 cm³/mol. The van der Waals surface area contributed by atoms with Gasteiger partial charge in [-0.3, -0.25) is 9.11 Å². The Kier molecular flexibility index (Phi) is 4.80. The summed E-state index contributed by atoms with van der Waals surface area (Å²) in [5.41, 5.74) is 5.95. The van der Waals surface area contributed by atoms with Crippen molar-refractivity contribution >= 4 is 36.7 Å². The zero-order valence-corrected chi connectivity index (χ0v) is 13.5. The summed E-state index contributed by atoms with van der Waals surface area (Å²) >= 11 is 0. The fraction of sp³-hybridized carbons (Fsp3) is 0.231. The first-order valence-corrected chi connectivity index (χ1v) is 9.50. The average molecular weight is 361 g/mol. The summed E-state index contributed by atoms with van der Waals surface area (Å²) in [6.07, 6.45) is 0.0648. The van der Waals surface area contributed by atoms with E-state index in [1.807, 2.05) is 0 Å². The largest absolute Gasteiger partial charge is 0.493 e. The second-order valence-electron chi connectivity index (χ2n) is 4.83. The van der Waals surface area contributed by atoms with Gasteiger partial charge in [-0.2, -0.15) is 16.8 Å². The SMILES string of the molecule is Nc1ccc2c(OCCCS(=O)(=O)O)ccc(S(=O)(=O)O)c2c1. The fourth-order valence-electron chi connectivity index (χ4n) is 2.09. The summed E-state index contributed by atoms with van der Waals surface area (Å²) in [6, 6.07) is 7.01. The molecule has 0 amide bonds. The maximum absolute atomic E-state index is 11.4. The van der Waals surface area contributed by atoms with Gasteiger partial charge in [0.15, 0.2) is 0 Å². The van der Waals surface area contributed by atoms with Crippen LogP contribution in [0.15, 0.2) is 35.2 Å².